The van der Waals surface area contributed by atoms with Gasteiger partial charge in [-0.25, -0.2) is 0 Å². The zero-order chi connectivity index (χ0) is 15.5. The van der Waals surface area contributed by atoms with Gasteiger partial charge in [0.1, 0.15) is 5.54 Å². The fraction of sp³-hybridized carbons (Fsp3) is 0.941. The Morgan fingerprint density at radius 1 is 1.33 bits per heavy atom. The van der Waals surface area contributed by atoms with Gasteiger partial charge in [0.25, 0.3) is 0 Å². The van der Waals surface area contributed by atoms with Crippen LogP contribution in [0.25, 0.3) is 0 Å². The van der Waals surface area contributed by atoms with Gasteiger partial charge in [-0.2, -0.15) is 0 Å². The van der Waals surface area contributed by atoms with Crippen molar-refractivity contribution < 1.29 is 9.90 Å². The molecule has 122 valence electrons. The van der Waals surface area contributed by atoms with Gasteiger partial charge in [0.15, 0.2) is 0 Å². The molecule has 4 heteroatoms. The van der Waals surface area contributed by atoms with Crippen LogP contribution in [0.3, 0.4) is 0 Å². The van der Waals surface area contributed by atoms with Crippen molar-refractivity contribution in [2.45, 2.75) is 83.3 Å². The lowest BCUT2D eigenvalue weighted by atomic mass is 9.77. The Hall–Kier alpha value is -0.610. The molecule has 2 N–H and O–H groups in total. The minimum atomic E-state index is -0.810. The van der Waals surface area contributed by atoms with Crippen LogP contribution >= 0.6 is 0 Å². The zero-order valence-electron chi connectivity index (χ0n) is 13.9. The molecule has 21 heavy (non-hydrogen) atoms. The Kier molecular flexibility index (Phi) is 5.67. The van der Waals surface area contributed by atoms with Crippen molar-refractivity contribution >= 4 is 5.97 Å². The van der Waals surface area contributed by atoms with Gasteiger partial charge in [0, 0.05) is 12.1 Å². The molecule has 1 saturated heterocycles. The third kappa shape index (κ3) is 3.78. The molecule has 0 aromatic heterocycles. The van der Waals surface area contributed by atoms with Gasteiger partial charge in [-0.3, -0.25) is 9.69 Å². The van der Waals surface area contributed by atoms with E-state index in [1.807, 2.05) is 13.8 Å². The molecule has 2 fully saturated rings. The molecule has 0 bridgehead atoms. The van der Waals surface area contributed by atoms with Gasteiger partial charge in [0.05, 0.1) is 0 Å². The number of nitrogens with zero attached hydrogens (tertiary/aromatic N) is 1. The highest BCUT2D eigenvalue weighted by atomic mass is 16.4. The van der Waals surface area contributed by atoms with Crippen molar-refractivity contribution in [3.8, 4) is 0 Å². The van der Waals surface area contributed by atoms with E-state index in [9.17, 15) is 9.90 Å². The van der Waals surface area contributed by atoms with E-state index in [1.54, 1.807) is 0 Å². The predicted molar refractivity (Wildman–Crippen MR) is 85.5 cm³/mol. The van der Waals surface area contributed by atoms with Gasteiger partial charge in [-0.05, 0) is 65.0 Å². The third-order valence-corrected chi connectivity index (χ3v) is 5.59. The summed E-state index contributed by atoms with van der Waals surface area (Å²) in [5, 5.41) is 12.7. The lowest BCUT2D eigenvalue weighted by Gasteiger charge is -2.48. The second kappa shape index (κ2) is 7.10. The fourth-order valence-corrected chi connectivity index (χ4v) is 4.54. The third-order valence-electron chi connectivity index (χ3n) is 5.59. The standard InChI is InChI=1S/C17H32N2O2/c1-4-18-17(3,16(20)21)12-13(2)19-11-7-9-14-8-5-6-10-15(14)19/h13-15,18H,4-12H2,1-3H3,(H,20,21)/t13?,14-,15-,17?/m1/s1. The summed E-state index contributed by atoms with van der Waals surface area (Å²) in [6, 6.07) is 1.03. The van der Waals surface area contributed by atoms with E-state index in [0.29, 0.717) is 25.0 Å². The monoisotopic (exact) mass is 296 g/mol. The molecule has 1 heterocycles. The number of likely N-dealkylation sites (N-methyl/N-ethyl adjacent to an activating group) is 1. The van der Waals surface area contributed by atoms with E-state index in [4.69, 9.17) is 0 Å². The summed E-state index contributed by atoms with van der Waals surface area (Å²) in [5.74, 6) is 0.124. The second-order valence-corrected chi connectivity index (χ2v) is 7.21. The second-order valence-electron chi connectivity index (χ2n) is 7.21. The van der Waals surface area contributed by atoms with E-state index in [1.165, 1.54) is 38.5 Å². The quantitative estimate of drug-likeness (QED) is 0.791. The summed E-state index contributed by atoms with van der Waals surface area (Å²) in [6.45, 7) is 7.86. The number of carbonyl (C=O) groups is 1. The number of likely N-dealkylation sites (tertiary alicyclic amines) is 1. The first-order chi connectivity index (χ1) is 9.98. The number of fused-ring (bicyclic) bond motifs is 1. The topological polar surface area (TPSA) is 52.6 Å². The number of hydrogen-bond donors (Lipinski definition) is 2. The molecule has 0 amide bonds. The molecule has 0 aromatic rings. The van der Waals surface area contributed by atoms with Crippen LogP contribution in [0.5, 0.6) is 0 Å². The molecule has 2 aliphatic rings. The van der Waals surface area contributed by atoms with Crippen LogP contribution in [0.2, 0.25) is 0 Å². The van der Waals surface area contributed by atoms with Crippen LogP contribution in [0.1, 0.15) is 65.7 Å². The fourth-order valence-electron chi connectivity index (χ4n) is 4.54. The van der Waals surface area contributed by atoms with Gasteiger partial charge >= 0.3 is 5.97 Å². The average Bonchev–Trinajstić information content (AvgIpc) is 2.46. The number of nitrogens with one attached hydrogen (secondary N) is 1. The molecule has 0 aromatic carbocycles. The number of aliphatic carboxylic acids is 1. The smallest absolute Gasteiger partial charge is 0.323 e. The van der Waals surface area contributed by atoms with E-state index in [2.05, 4.69) is 17.1 Å². The minimum absolute atomic E-state index is 0.330. The highest BCUT2D eigenvalue weighted by molar-refractivity contribution is 5.78. The zero-order valence-corrected chi connectivity index (χ0v) is 13.9. The summed E-state index contributed by atoms with van der Waals surface area (Å²) in [5.41, 5.74) is -0.810. The summed E-state index contributed by atoms with van der Waals surface area (Å²) in [4.78, 5) is 14.2. The molecule has 0 spiro atoms. The van der Waals surface area contributed by atoms with E-state index in [-0.39, 0.29) is 0 Å². The highest BCUT2D eigenvalue weighted by Gasteiger charge is 2.40. The van der Waals surface area contributed by atoms with Crippen molar-refractivity contribution in [1.82, 2.24) is 10.2 Å². The summed E-state index contributed by atoms with van der Waals surface area (Å²) < 4.78 is 0. The molecular weight excluding hydrogens is 264 g/mol. The van der Waals surface area contributed by atoms with Crippen LogP contribution in [-0.4, -0.2) is 46.7 Å². The number of carboxylic acid groups (broad SMARTS) is 1. The van der Waals surface area contributed by atoms with Gasteiger partial charge < -0.3 is 10.4 Å². The molecule has 1 aliphatic carbocycles. The predicted octanol–water partition coefficient (Wildman–Crippen LogP) is 2.87. The van der Waals surface area contributed by atoms with Crippen LogP contribution < -0.4 is 5.32 Å². The van der Waals surface area contributed by atoms with Crippen LogP contribution in [0.15, 0.2) is 0 Å². The van der Waals surface area contributed by atoms with Crippen molar-refractivity contribution in [3.63, 3.8) is 0 Å². The van der Waals surface area contributed by atoms with Crippen molar-refractivity contribution in [2.75, 3.05) is 13.1 Å². The Balaban J connectivity index is 2.03. The molecule has 2 unspecified atom stereocenters. The number of hydrogen-bond acceptors (Lipinski definition) is 3. The Bertz CT molecular complexity index is 359. The summed E-state index contributed by atoms with van der Waals surface area (Å²) in [7, 11) is 0. The summed E-state index contributed by atoms with van der Waals surface area (Å²) >= 11 is 0. The van der Waals surface area contributed by atoms with Crippen LogP contribution in [-0.2, 0) is 4.79 Å². The largest absolute Gasteiger partial charge is 0.480 e. The van der Waals surface area contributed by atoms with E-state index >= 15 is 0 Å². The molecular formula is C17H32N2O2. The first-order valence-electron chi connectivity index (χ1n) is 8.72. The lowest BCUT2D eigenvalue weighted by molar-refractivity contribution is -0.145. The van der Waals surface area contributed by atoms with Gasteiger partial charge in [0.2, 0.25) is 0 Å². The maximum absolute atomic E-state index is 11.6. The molecule has 1 saturated carbocycles. The SMILES string of the molecule is CCNC(C)(CC(C)N1CCC[C@H]2CCCC[C@H]21)C(=O)O. The lowest BCUT2D eigenvalue weighted by Crippen LogP contribution is -2.57. The number of rotatable bonds is 6. The number of carboxylic acids is 1. The average molecular weight is 296 g/mol. The molecule has 0 radical (unpaired) electrons. The molecule has 4 atom stereocenters. The van der Waals surface area contributed by atoms with Crippen molar-refractivity contribution in [1.29, 1.82) is 0 Å². The normalized spacial score (nSPS) is 31.2. The minimum Gasteiger partial charge on any atom is -0.480 e. The molecule has 4 nitrogen and oxygen atoms in total. The van der Waals surface area contributed by atoms with Crippen molar-refractivity contribution in [2.24, 2.45) is 5.92 Å². The van der Waals surface area contributed by atoms with E-state index in [0.717, 1.165) is 12.5 Å². The summed E-state index contributed by atoms with van der Waals surface area (Å²) in [6.07, 6.45) is 8.73. The van der Waals surface area contributed by atoms with Gasteiger partial charge in [-0.1, -0.05) is 19.8 Å². The highest BCUT2D eigenvalue weighted by Crippen LogP contribution is 2.37. The first kappa shape index (κ1) is 16.8. The Morgan fingerprint density at radius 3 is 2.67 bits per heavy atom. The van der Waals surface area contributed by atoms with Crippen molar-refractivity contribution in [3.05, 3.63) is 0 Å². The first-order valence-corrected chi connectivity index (χ1v) is 8.72. The maximum Gasteiger partial charge on any atom is 0.323 e. The van der Waals surface area contributed by atoms with Crippen LogP contribution in [0.4, 0.5) is 0 Å². The molecule has 2 rings (SSSR count). The maximum atomic E-state index is 11.6. The van der Waals surface area contributed by atoms with Gasteiger partial charge in [-0.15, -0.1) is 0 Å². The number of piperidine rings is 1. The Morgan fingerprint density at radius 2 is 2.00 bits per heavy atom. The van der Waals surface area contributed by atoms with Crippen LogP contribution in [0, 0.1) is 5.92 Å². The Labute approximate surface area is 129 Å². The van der Waals surface area contributed by atoms with E-state index < -0.39 is 11.5 Å². The molecule has 1 aliphatic heterocycles.